The molecule has 0 atom stereocenters. The van der Waals surface area contributed by atoms with Gasteiger partial charge in [0.05, 0.1) is 7.11 Å². The van der Waals surface area contributed by atoms with Gasteiger partial charge in [-0.3, -0.25) is 0 Å². The molecule has 74 valence electrons. The second-order valence-electron chi connectivity index (χ2n) is 2.20. The molecule has 0 saturated heterocycles. The van der Waals surface area contributed by atoms with Gasteiger partial charge in [0.15, 0.2) is 0 Å². The summed E-state index contributed by atoms with van der Waals surface area (Å²) in [5.41, 5.74) is 0. The Morgan fingerprint density at radius 3 is 2.36 bits per heavy atom. The van der Waals surface area contributed by atoms with Gasteiger partial charge in [-0.25, -0.2) is 0 Å². The molecule has 0 spiro atoms. The van der Waals surface area contributed by atoms with E-state index >= 15 is 0 Å². The average molecular weight is 227 g/mol. The van der Waals surface area contributed by atoms with E-state index in [2.05, 4.69) is 10.2 Å². The van der Waals surface area contributed by atoms with Crippen LogP contribution in [0.3, 0.4) is 0 Å². The van der Waals surface area contributed by atoms with Crippen LogP contribution >= 0.6 is 0 Å². The molecule has 14 heavy (non-hydrogen) atoms. The average Bonchev–Trinajstić information content (AvgIpc) is 2.18. The number of nitrogens with two attached hydrogens (primary N) is 1. The molecule has 0 heterocycles. The fourth-order valence-electron chi connectivity index (χ4n) is 0.877. The van der Waals surface area contributed by atoms with Crippen LogP contribution in [0.1, 0.15) is 0 Å². The number of ether oxygens (including phenoxy) is 1. The van der Waals surface area contributed by atoms with Crippen LogP contribution in [0.5, 0.6) is 5.75 Å². The predicted molar refractivity (Wildman–Crippen MR) is 52.6 cm³/mol. The molecule has 1 aromatic carbocycles. The SMILES string of the molecule is COc1ccccc1S(=O)(=O)ON.[NaH]. The third-order valence-corrected chi connectivity index (χ3v) is 2.59. The van der Waals surface area contributed by atoms with Gasteiger partial charge >= 0.3 is 39.7 Å². The van der Waals surface area contributed by atoms with E-state index < -0.39 is 10.1 Å². The van der Waals surface area contributed by atoms with E-state index in [0.29, 0.717) is 0 Å². The van der Waals surface area contributed by atoms with Gasteiger partial charge in [-0.15, -0.1) is 0 Å². The van der Waals surface area contributed by atoms with Crippen LogP contribution in [0, 0.1) is 0 Å². The van der Waals surface area contributed by atoms with Gasteiger partial charge in [0.25, 0.3) is 0 Å². The van der Waals surface area contributed by atoms with Crippen molar-refractivity contribution in [3.05, 3.63) is 24.3 Å². The maximum atomic E-state index is 11.2. The fraction of sp³-hybridized carbons (Fsp3) is 0.143. The normalized spacial score (nSPS) is 10.4. The van der Waals surface area contributed by atoms with Gasteiger partial charge in [0.1, 0.15) is 10.6 Å². The van der Waals surface area contributed by atoms with Gasteiger partial charge < -0.3 is 4.74 Å². The Hall–Kier alpha value is -0.110. The van der Waals surface area contributed by atoms with Crippen LogP contribution in [-0.4, -0.2) is 45.1 Å². The molecule has 0 aliphatic heterocycles. The summed E-state index contributed by atoms with van der Waals surface area (Å²) in [5, 5.41) is 0. The summed E-state index contributed by atoms with van der Waals surface area (Å²) < 4.78 is 31.0. The summed E-state index contributed by atoms with van der Waals surface area (Å²) in [6.45, 7) is 0. The molecule has 2 N–H and O–H groups in total. The van der Waals surface area contributed by atoms with Gasteiger partial charge in [-0.2, -0.15) is 18.6 Å². The molecule has 0 bridgehead atoms. The van der Waals surface area contributed by atoms with Crippen molar-refractivity contribution < 1.29 is 17.4 Å². The Balaban J connectivity index is 0.00000169. The van der Waals surface area contributed by atoms with Crippen LogP contribution in [-0.2, 0) is 14.4 Å². The summed E-state index contributed by atoms with van der Waals surface area (Å²) in [7, 11) is -2.52. The zero-order valence-electron chi connectivity index (χ0n) is 6.93. The van der Waals surface area contributed by atoms with Crippen LogP contribution in [0.2, 0.25) is 0 Å². The predicted octanol–water partition coefficient (Wildman–Crippen LogP) is -0.374. The third-order valence-electron chi connectivity index (χ3n) is 1.47. The monoisotopic (exact) mass is 227 g/mol. The Bertz CT molecular complexity index is 392. The third kappa shape index (κ3) is 2.94. The number of hydrogen-bond donors (Lipinski definition) is 1. The second kappa shape index (κ2) is 5.69. The molecule has 0 saturated carbocycles. The molecule has 0 unspecified atom stereocenters. The molecular formula is C7H10NNaO4S. The van der Waals surface area contributed by atoms with E-state index in [1.807, 2.05) is 0 Å². The maximum absolute atomic E-state index is 11.2. The number of rotatable bonds is 3. The molecule has 0 amide bonds. The van der Waals surface area contributed by atoms with E-state index in [1.165, 1.54) is 19.2 Å². The number of para-hydroxylation sites is 1. The number of methoxy groups -OCH3 is 1. The standard InChI is InChI=1S/C7H9NO4S.Na.H/c1-11-6-4-2-3-5-7(6)13(9,10)12-8;;/h2-5H,8H2,1H3;;. The summed E-state index contributed by atoms with van der Waals surface area (Å²) in [6.07, 6.45) is 0. The summed E-state index contributed by atoms with van der Waals surface area (Å²) in [5.74, 6) is 4.82. The summed E-state index contributed by atoms with van der Waals surface area (Å²) >= 11 is 0. The molecule has 5 nitrogen and oxygen atoms in total. The molecule has 0 fully saturated rings. The molecule has 1 rings (SSSR count). The van der Waals surface area contributed by atoms with Crippen LogP contribution in [0.4, 0.5) is 0 Å². The van der Waals surface area contributed by atoms with Gasteiger partial charge in [0.2, 0.25) is 0 Å². The first-order valence-corrected chi connectivity index (χ1v) is 4.79. The van der Waals surface area contributed by atoms with Crippen molar-refractivity contribution in [2.24, 2.45) is 5.90 Å². The number of benzene rings is 1. The molecule has 0 aliphatic carbocycles. The molecule has 1 aromatic rings. The van der Waals surface area contributed by atoms with Crippen molar-refractivity contribution >= 4 is 39.7 Å². The fourth-order valence-corrected chi connectivity index (χ4v) is 1.62. The van der Waals surface area contributed by atoms with Crippen LogP contribution < -0.4 is 10.6 Å². The minimum atomic E-state index is -3.89. The molecule has 0 aromatic heterocycles. The Labute approximate surface area is 105 Å². The van der Waals surface area contributed by atoms with Gasteiger partial charge in [-0.05, 0) is 12.1 Å². The van der Waals surface area contributed by atoms with Crippen molar-refractivity contribution in [1.29, 1.82) is 0 Å². The molecule has 0 radical (unpaired) electrons. The summed E-state index contributed by atoms with van der Waals surface area (Å²) in [6, 6.07) is 6.05. The van der Waals surface area contributed by atoms with Crippen molar-refractivity contribution in [1.82, 2.24) is 0 Å². The van der Waals surface area contributed by atoms with Crippen LogP contribution in [0.15, 0.2) is 29.2 Å². The first kappa shape index (κ1) is 13.9. The first-order chi connectivity index (χ1) is 6.11. The Morgan fingerprint density at radius 2 is 1.86 bits per heavy atom. The quantitative estimate of drug-likeness (QED) is 0.562. The summed E-state index contributed by atoms with van der Waals surface area (Å²) in [4.78, 5) is -0.0833. The Morgan fingerprint density at radius 1 is 1.29 bits per heavy atom. The molecule has 7 heteroatoms. The zero-order chi connectivity index (χ0) is 9.90. The topological polar surface area (TPSA) is 78.6 Å². The van der Waals surface area contributed by atoms with E-state index in [4.69, 9.17) is 4.74 Å². The number of hydrogen-bond acceptors (Lipinski definition) is 5. The van der Waals surface area contributed by atoms with E-state index in [1.54, 1.807) is 12.1 Å². The van der Waals surface area contributed by atoms with Crippen molar-refractivity contribution in [3.8, 4) is 5.75 Å². The van der Waals surface area contributed by atoms with Crippen molar-refractivity contribution in [2.75, 3.05) is 7.11 Å². The van der Waals surface area contributed by atoms with E-state index in [9.17, 15) is 8.42 Å². The van der Waals surface area contributed by atoms with Gasteiger partial charge in [-0.1, -0.05) is 12.1 Å². The van der Waals surface area contributed by atoms with Crippen LogP contribution in [0.25, 0.3) is 0 Å². The Kier molecular flexibility index (Phi) is 5.65. The van der Waals surface area contributed by atoms with Crippen molar-refractivity contribution in [3.63, 3.8) is 0 Å². The minimum absolute atomic E-state index is 0. The van der Waals surface area contributed by atoms with E-state index in [0.717, 1.165) is 0 Å². The second-order valence-corrected chi connectivity index (χ2v) is 3.74. The zero-order valence-corrected chi connectivity index (χ0v) is 7.74. The molecule has 0 aliphatic rings. The van der Waals surface area contributed by atoms with E-state index in [-0.39, 0.29) is 40.2 Å². The van der Waals surface area contributed by atoms with Gasteiger partial charge in [0, 0.05) is 0 Å². The van der Waals surface area contributed by atoms with Crippen molar-refractivity contribution in [2.45, 2.75) is 4.90 Å². The molecular weight excluding hydrogens is 217 g/mol. The first-order valence-electron chi connectivity index (χ1n) is 3.38.